The molecule has 9 heteroatoms. The van der Waals surface area contributed by atoms with Crippen molar-refractivity contribution in [3.63, 3.8) is 0 Å². The number of nitrogens with one attached hydrogen (secondary N) is 1. The number of carbonyl (C=O) groups is 1. The molecule has 2 amide bonds. The molecule has 0 aliphatic rings. The van der Waals surface area contributed by atoms with E-state index < -0.39 is 11.9 Å². The van der Waals surface area contributed by atoms with E-state index in [0.717, 1.165) is 17.3 Å². The largest absolute Gasteiger partial charge is 0.322 e. The summed E-state index contributed by atoms with van der Waals surface area (Å²) in [6.07, 6.45) is 1.64. The molecule has 1 heterocycles. The maximum Gasteiger partial charge on any atom is 0.322 e. The van der Waals surface area contributed by atoms with Gasteiger partial charge in [-0.05, 0) is 67.9 Å². The summed E-state index contributed by atoms with van der Waals surface area (Å²) in [6, 6.07) is 17.5. The molecule has 0 saturated carbocycles. The van der Waals surface area contributed by atoms with Gasteiger partial charge < -0.3 is 10.2 Å². The molecular formula is C27H25BrClFN4O2. The Morgan fingerprint density at radius 3 is 2.58 bits per heavy atom. The average molecular weight is 572 g/mol. The van der Waals surface area contributed by atoms with Gasteiger partial charge in [0.25, 0.3) is 5.56 Å². The number of amides is 2. The van der Waals surface area contributed by atoms with E-state index in [4.69, 9.17) is 16.6 Å². The molecule has 36 heavy (non-hydrogen) atoms. The molecule has 0 spiro atoms. The van der Waals surface area contributed by atoms with Crippen LogP contribution in [0, 0.1) is 5.82 Å². The molecule has 0 aliphatic heterocycles. The van der Waals surface area contributed by atoms with E-state index >= 15 is 0 Å². The Labute approximate surface area is 221 Å². The number of carbonyl (C=O) groups excluding carboxylic acids is 1. The van der Waals surface area contributed by atoms with Crippen LogP contribution < -0.4 is 10.9 Å². The topological polar surface area (TPSA) is 67.2 Å². The van der Waals surface area contributed by atoms with Crippen LogP contribution in [-0.4, -0.2) is 27.0 Å². The van der Waals surface area contributed by atoms with Crippen LogP contribution >= 0.6 is 27.5 Å². The number of nitrogens with zero attached hydrogens (tertiary/aromatic N) is 3. The lowest BCUT2D eigenvalue weighted by atomic mass is 10.1. The molecule has 1 aromatic heterocycles. The molecule has 0 saturated heterocycles. The zero-order valence-corrected chi connectivity index (χ0v) is 22.2. The number of aromatic nitrogens is 2. The first-order valence-electron chi connectivity index (χ1n) is 11.6. The second-order valence-corrected chi connectivity index (χ2v) is 9.71. The van der Waals surface area contributed by atoms with Gasteiger partial charge in [0.1, 0.15) is 11.6 Å². The van der Waals surface area contributed by atoms with Crippen molar-refractivity contribution in [3.8, 4) is 5.69 Å². The zero-order valence-electron chi connectivity index (χ0n) is 19.8. The van der Waals surface area contributed by atoms with Crippen LogP contribution in [0.3, 0.4) is 0 Å². The van der Waals surface area contributed by atoms with Gasteiger partial charge in [-0.25, -0.2) is 14.2 Å². The van der Waals surface area contributed by atoms with Crippen LogP contribution in [0.25, 0.3) is 16.6 Å². The highest BCUT2D eigenvalue weighted by Crippen LogP contribution is 2.26. The van der Waals surface area contributed by atoms with Gasteiger partial charge in [0.2, 0.25) is 0 Å². The number of unbranched alkanes of at least 4 members (excludes halogenated alkanes) is 1. The molecule has 1 N–H and O–H groups in total. The van der Waals surface area contributed by atoms with Crippen LogP contribution in [0.15, 0.2) is 76.0 Å². The van der Waals surface area contributed by atoms with Crippen molar-refractivity contribution in [2.24, 2.45) is 0 Å². The Balaban J connectivity index is 1.83. The van der Waals surface area contributed by atoms with Crippen molar-refractivity contribution in [2.45, 2.75) is 32.7 Å². The van der Waals surface area contributed by atoms with Gasteiger partial charge in [0, 0.05) is 16.7 Å². The van der Waals surface area contributed by atoms with Crippen molar-refractivity contribution < 1.29 is 9.18 Å². The van der Waals surface area contributed by atoms with Crippen LogP contribution in [0.2, 0.25) is 5.02 Å². The van der Waals surface area contributed by atoms with Crippen molar-refractivity contribution in [3.05, 3.63) is 98.2 Å². The molecule has 0 aliphatic carbocycles. The third-order valence-corrected chi connectivity index (χ3v) is 6.73. The summed E-state index contributed by atoms with van der Waals surface area (Å²) in [7, 11) is 0. The fourth-order valence-corrected chi connectivity index (χ4v) is 4.41. The van der Waals surface area contributed by atoms with Gasteiger partial charge in [0.15, 0.2) is 0 Å². The number of benzene rings is 3. The van der Waals surface area contributed by atoms with Crippen LogP contribution in [0.1, 0.15) is 38.6 Å². The van der Waals surface area contributed by atoms with Gasteiger partial charge in [-0.2, -0.15) is 0 Å². The lowest BCUT2D eigenvalue weighted by molar-refractivity contribution is 0.188. The van der Waals surface area contributed by atoms with Crippen molar-refractivity contribution >= 4 is 50.2 Å². The number of anilines is 1. The molecular weight excluding hydrogens is 547 g/mol. The van der Waals surface area contributed by atoms with E-state index in [1.54, 1.807) is 41.3 Å². The van der Waals surface area contributed by atoms with Crippen LogP contribution in [0.5, 0.6) is 0 Å². The highest BCUT2D eigenvalue weighted by molar-refractivity contribution is 9.10. The van der Waals surface area contributed by atoms with Crippen LogP contribution in [-0.2, 0) is 0 Å². The van der Waals surface area contributed by atoms with E-state index in [1.807, 2.05) is 26.0 Å². The molecule has 0 fully saturated rings. The summed E-state index contributed by atoms with van der Waals surface area (Å²) >= 11 is 9.46. The fourth-order valence-electron chi connectivity index (χ4n) is 3.97. The van der Waals surface area contributed by atoms with E-state index in [1.165, 1.54) is 22.8 Å². The average Bonchev–Trinajstić information content (AvgIpc) is 2.87. The summed E-state index contributed by atoms with van der Waals surface area (Å²) in [5.41, 5.74) is 1.20. The summed E-state index contributed by atoms with van der Waals surface area (Å²) in [6.45, 7) is 4.32. The molecule has 3 aromatic carbocycles. The summed E-state index contributed by atoms with van der Waals surface area (Å²) in [5, 5.41) is 3.24. The van der Waals surface area contributed by atoms with E-state index in [2.05, 4.69) is 21.2 Å². The minimum Gasteiger partial charge on any atom is -0.315 e. The lowest BCUT2D eigenvalue weighted by Crippen LogP contribution is -2.40. The van der Waals surface area contributed by atoms with Gasteiger partial charge in [0.05, 0.1) is 27.7 Å². The lowest BCUT2D eigenvalue weighted by Gasteiger charge is -2.30. The van der Waals surface area contributed by atoms with Crippen LogP contribution in [0.4, 0.5) is 14.9 Å². The summed E-state index contributed by atoms with van der Waals surface area (Å²) in [4.78, 5) is 33.5. The number of hydrogen-bond donors (Lipinski definition) is 1. The van der Waals surface area contributed by atoms with Gasteiger partial charge >= 0.3 is 6.03 Å². The normalized spacial score (nSPS) is 11.9. The van der Waals surface area contributed by atoms with Crippen molar-refractivity contribution in [2.75, 3.05) is 11.9 Å². The van der Waals surface area contributed by atoms with Gasteiger partial charge in [-0.3, -0.25) is 9.36 Å². The van der Waals surface area contributed by atoms with E-state index in [-0.39, 0.29) is 16.6 Å². The van der Waals surface area contributed by atoms with E-state index in [9.17, 15) is 14.0 Å². The monoisotopic (exact) mass is 570 g/mol. The number of rotatable bonds is 7. The smallest absolute Gasteiger partial charge is 0.315 e. The number of hydrogen-bond acceptors (Lipinski definition) is 3. The quantitative estimate of drug-likeness (QED) is 0.252. The Kier molecular flexibility index (Phi) is 8.06. The minimum atomic E-state index is -0.590. The van der Waals surface area contributed by atoms with E-state index in [0.29, 0.717) is 34.6 Å². The first kappa shape index (κ1) is 25.9. The predicted octanol–water partition coefficient (Wildman–Crippen LogP) is 7.34. The van der Waals surface area contributed by atoms with Gasteiger partial charge in [-0.15, -0.1) is 0 Å². The second-order valence-electron chi connectivity index (χ2n) is 8.39. The standard InChI is InChI=1S/C27H25BrClFN4O2/c1-3-4-15-33(27(36)31-19-11-9-18(28)10-12-19)17(2)25-32-24-8-6-5-7-21(24)26(35)34(25)20-13-14-23(30)22(29)16-20/h5-14,16-17H,3-4,15H2,1-2H3,(H,31,36). The molecule has 0 bridgehead atoms. The second kappa shape index (κ2) is 11.2. The number of para-hydroxylation sites is 1. The SMILES string of the molecule is CCCCN(C(=O)Nc1ccc(Br)cc1)C(C)c1nc2ccccc2c(=O)n1-c1ccc(F)c(Cl)c1. The molecule has 1 atom stereocenters. The molecule has 4 rings (SSSR count). The highest BCUT2D eigenvalue weighted by Gasteiger charge is 2.27. The molecule has 186 valence electrons. The number of urea groups is 1. The zero-order chi connectivity index (χ0) is 25.8. The predicted molar refractivity (Wildman–Crippen MR) is 145 cm³/mol. The fraction of sp³-hybridized carbons (Fsp3) is 0.222. The minimum absolute atomic E-state index is 0.109. The van der Waals surface area contributed by atoms with Crippen molar-refractivity contribution in [1.29, 1.82) is 0 Å². The molecule has 1 unspecified atom stereocenters. The summed E-state index contributed by atoms with van der Waals surface area (Å²) in [5.74, 6) is -0.237. The maximum atomic E-state index is 13.9. The Morgan fingerprint density at radius 1 is 1.17 bits per heavy atom. The Morgan fingerprint density at radius 2 is 1.89 bits per heavy atom. The Hall–Kier alpha value is -3.23. The third-order valence-electron chi connectivity index (χ3n) is 5.91. The first-order chi connectivity index (χ1) is 17.3. The maximum absolute atomic E-state index is 13.9. The summed E-state index contributed by atoms with van der Waals surface area (Å²) < 4.78 is 16.2. The highest BCUT2D eigenvalue weighted by atomic mass is 79.9. The molecule has 4 aromatic rings. The number of halogens is 3. The van der Waals surface area contributed by atoms with Gasteiger partial charge in [-0.1, -0.05) is 53.0 Å². The Bertz CT molecular complexity index is 1460. The first-order valence-corrected chi connectivity index (χ1v) is 12.8. The van der Waals surface area contributed by atoms with Crippen molar-refractivity contribution in [1.82, 2.24) is 14.5 Å². The molecule has 6 nitrogen and oxygen atoms in total. The third kappa shape index (κ3) is 5.44. The molecule has 0 radical (unpaired) electrons. The number of fused-ring (bicyclic) bond motifs is 1.